The van der Waals surface area contributed by atoms with E-state index >= 15 is 0 Å². The molecule has 28 heavy (non-hydrogen) atoms. The largest absolute Gasteiger partial charge is 0.495 e. The van der Waals surface area contributed by atoms with Crippen LogP contribution >= 0.6 is 11.3 Å². The highest BCUT2D eigenvalue weighted by Crippen LogP contribution is 2.29. The Morgan fingerprint density at radius 2 is 2.04 bits per heavy atom. The maximum Gasteiger partial charge on any atom is 0.251 e. The summed E-state index contributed by atoms with van der Waals surface area (Å²) in [7, 11) is -2.32. The molecule has 8 heteroatoms. The van der Waals surface area contributed by atoms with Crippen molar-refractivity contribution < 1.29 is 17.9 Å². The summed E-state index contributed by atoms with van der Waals surface area (Å²) in [6, 6.07) is 8.33. The quantitative estimate of drug-likeness (QED) is 0.645. The third-order valence-electron chi connectivity index (χ3n) is 4.51. The van der Waals surface area contributed by atoms with E-state index in [0.29, 0.717) is 11.5 Å². The second-order valence-electron chi connectivity index (χ2n) is 7.43. The molecule has 0 bridgehead atoms. The number of hydrogen-bond donors (Lipinski definition) is 2. The lowest BCUT2D eigenvalue weighted by molar-refractivity contribution is 0.0932. The van der Waals surface area contributed by atoms with Crippen molar-refractivity contribution in [1.82, 2.24) is 10.0 Å². The van der Waals surface area contributed by atoms with Crippen molar-refractivity contribution in [3.63, 3.8) is 0 Å². The van der Waals surface area contributed by atoms with Gasteiger partial charge < -0.3 is 10.1 Å². The number of ether oxygens (including phenoxy) is 1. The Hall–Kier alpha value is -1.90. The molecule has 1 aliphatic carbocycles. The molecule has 1 saturated carbocycles. The summed E-state index contributed by atoms with van der Waals surface area (Å²) in [5, 5.41) is 5.03. The molecule has 1 heterocycles. The highest BCUT2D eigenvalue weighted by atomic mass is 32.2. The first-order chi connectivity index (χ1) is 13.3. The molecule has 1 atom stereocenters. The van der Waals surface area contributed by atoms with E-state index in [1.165, 1.54) is 19.2 Å². The number of sulfonamides is 1. The van der Waals surface area contributed by atoms with Crippen molar-refractivity contribution in [2.75, 3.05) is 7.11 Å². The smallest absolute Gasteiger partial charge is 0.251 e. The van der Waals surface area contributed by atoms with E-state index in [-0.39, 0.29) is 28.6 Å². The second kappa shape index (κ2) is 8.63. The predicted molar refractivity (Wildman–Crippen MR) is 110 cm³/mol. The fourth-order valence-corrected chi connectivity index (χ4v) is 5.25. The number of carbonyl (C=O) groups is 1. The molecule has 6 nitrogen and oxygen atoms in total. The second-order valence-corrected chi connectivity index (χ2v) is 10.1. The lowest BCUT2D eigenvalue weighted by atomic mass is 10.0. The van der Waals surface area contributed by atoms with Crippen molar-refractivity contribution in [1.29, 1.82) is 0 Å². The van der Waals surface area contributed by atoms with Gasteiger partial charge in [-0.1, -0.05) is 19.9 Å². The number of methoxy groups -OCH3 is 1. The highest BCUT2D eigenvalue weighted by Gasteiger charge is 2.30. The van der Waals surface area contributed by atoms with E-state index in [0.717, 1.165) is 24.1 Å². The van der Waals surface area contributed by atoms with Crippen LogP contribution in [0.25, 0.3) is 0 Å². The molecule has 1 fully saturated rings. The van der Waals surface area contributed by atoms with Gasteiger partial charge in [-0.25, -0.2) is 13.1 Å². The van der Waals surface area contributed by atoms with Gasteiger partial charge in [0, 0.05) is 16.5 Å². The zero-order valence-corrected chi connectivity index (χ0v) is 17.9. The monoisotopic (exact) mass is 422 g/mol. The van der Waals surface area contributed by atoms with E-state index in [1.54, 1.807) is 17.4 Å². The van der Waals surface area contributed by atoms with Crippen LogP contribution in [0.1, 0.15) is 54.4 Å². The third kappa shape index (κ3) is 5.12. The summed E-state index contributed by atoms with van der Waals surface area (Å²) in [5.74, 6) is 0.327. The van der Waals surface area contributed by atoms with E-state index in [4.69, 9.17) is 4.74 Å². The van der Waals surface area contributed by atoms with Crippen LogP contribution in [0.2, 0.25) is 0 Å². The third-order valence-corrected chi connectivity index (χ3v) is 7.04. The summed E-state index contributed by atoms with van der Waals surface area (Å²) in [5.41, 5.74) is 0.294. The average molecular weight is 423 g/mol. The Morgan fingerprint density at radius 3 is 2.61 bits per heavy atom. The molecule has 3 rings (SSSR count). The van der Waals surface area contributed by atoms with Gasteiger partial charge >= 0.3 is 0 Å². The molecule has 152 valence electrons. The van der Waals surface area contributed by atoms with E-state index in [9.17, 15) is 13.2 Å². The lowest BCUT2D eigenvalue weighted by Crippen LogP contribution is -2.30. The van der Waals surface area contributed by atoms with Crippen LogP contribution in [0.15, 0.2) is 40.6 Å². The van der Waals surface area contributed by atoms with Gasteiger partial charge in [0.25, 0.3) is 5.91 Å². The molecule has 2 aromatic rings. The number of benzene rings is 1. The minimum Gasteiger partial charge on any atom is -0.495 e. The van der Waals surface area contributed by atoms with E-state index in [1.807, 2.05) is 17.5 Å². The maximum absolute atomic E-state index is 12.9. The van der Waals surface area contributed by atoms with Crippen LogP contribution in [0.4, 0.5) is 0 Å². The number of hydrogen-bond acceptors (Lipinski definition) is 5. The fraction of sp³-hybridized carbons (Fsp3) is 0.450. The summed E-state index contributed by atoms with van der Waals surface area (Å²) in [4.78, 5) is 14.0. The van der Waals surface area contributed by atoms with Gasteiger partial charge in [0.2, 0.25) is 10.0 Å². The zero-order chi connectivity index (χ0) is 20.3. The summed E-state index contributed by atoms with van der Waals surface area (Å²) < 4.78 is 33.2. The van der Waals surface area contributed by atoms with Crippen LogP contribution in [0, 0.1) is 5.92 Å². The van der Waals surface area contributed by atoms with Gasteiger partial charge in [-0.15, -0.1) is 11.3 Å². The van der Waals surface area contributed by atoms with E-state index in [2.05, 4.69) is 23.9 Å². The standard InChI is InChI=1S/C20H26N2O4S2/c1-13(2)11-16(18-5-4-10-27-18)21-20(23)14-6-9-17(26-3)19(12-14)28(24,25)22-15-7-8-15/h4-6,9-10,12-13,15-16,22H,7-8,11H2,1-3H3,(H,21,23). The average Bonchev–Trinajstić information content (AvgIpc) is 3.27. The fourth-order valence-electron chi connectivity index (χ4n) is 2.96. The molecule has 1 amide bonds. The van der Waals surface area contributed by atoms with Gasteiger partial charge in [-0.3, -0.25) is 4.79 Å². The van der Waals surface area contributed by atoms with E-state index < -0.39 is 10.0 Å². The molecule has 1 aromatic carbocycles. The number of nitrogens with one attached hydrogen (secondary N) is 2. The number of thiophene rings is 1. The summed E-state index contributed by atoms with van der Waals surface area (Å²) in [6.07, 6.45) is 2.47. The minimum absolute atomic E-state index is 0.00826. The topological polar surface area (TPSA) is 84.5 Å². The van der Waals surface area contributed by atoms with Crippen LogP contribution < -0.4 is 14.8 Å². The molecular formula is C20H26N2O4S2. The Bertz CT molecular complexity index is 920. The molecule has 0 saturated heterocycles. The molecular weight excluding hydrogens is 396 g/mol. The SMILES string of the molecule is COc1ccc(C(=O)NC(CC(C)C)c2cccs2)cc1S(=O)(=O)NC1CC1. The number of carbonyl (C=O) groups excluding carboxylic acids is 1. The van der Waals surface area contributed by atoms with Crippen LogP contribution in [-0.4, -0.2) is 27.5 Å². The predicted octanol–water partition coefficient (Wildman–Crippen LogP) is 3.71. The Kier molecular flexibility index (Phi) is 6.42. The van der Waals surface area contributed by atoms with Crippen molar-refractivity contribution in [2.45, 2.75) is 50.1 Å². The van der Waals surface area contributed by atoms with Crippen molar-refractivity contribution >= 4 is 27.3 Å². The summed E-state index contributed by atoms with van der Waals surface area (Å²) in [6.45, 7) is 4.21. The molecule has 0 radical (unpaired) electrons. The lowest BCUT2D eigenvalue weighted by Gasteiger charge is -2.20. The van der Waals surface area contributed by atoms with Crippen LogP contribution in [0.5, 0.6) is 5.75 Å². The van der Waals surface area contributed by atoms with Gasteiger partial charge in [-0.05, 0) is 54.8 Å². The van der Waals surface area contributed by atoms with Crippen molar-refractivity contribution in [3.8, 4) is 5.75 Å². The van der Waals surface area contributed by atoms with Crippen LogP contribution in [0.3, 0.4) is 0 Å². The number of rotatable bonds is 9. The van der Waals surface area contributed by atoms with Gasteiger partial charge in [0.15, 0.2) is 0 Å². The van der Waals surface area contributed by atoms with Gasteiger partial charge in [-0.2, -0.15) is 0 Å². The van der Waals surface area contributed by atoms with Crippen molar-refractivity contribution in [3.05, 3.63) is 46.2 Å². The molecule has 2 N–H and O–H groups in total. The Balaban J connectivity index is 1.85. The minimum atomic E-state index is -3.74. The maximum atomic E-state index is 12.9. The normalized spacial score (nSPS) is 15.4. The Morgan fingerprint density at radius 1 is 1.29 bits per heavy atom. The summed E-state index contributed by atoms with van der Waals surface area (Å²) >= 11 is 1.60. The highest BCUT2D eigenvalue weighted by molar-refractivity contribution is 7.89. The molecule has 0 spiro atoms. The van der Waals surface area contributed by atoms with Crippen molar-refractivity contribution in [2.24, 2.45) is 5.92 Å². The van der Waals surface area contributed by atoms with Gasteiger partial charge in [0.1, 0.15) is 10.6 Å². The molecule has 0 aliphatic heterocycles. The number of amides is 1. The molecule has 1 aliphatic rings. The Labute approximate surface area is 170 Å². The molecule has 1 aromatic heterocycles. The first-order valence-electron chi connectivity index (χ1n) is 9.34. The van der Waals surface area contributed by atoms with Crippen LogP contribution in [-0.2, 0) is 10.0 Å². The first-order valence-corrected chi connectivity index (χ1v) is 11.7. The molecule has 1 unspecified atom stereocenters. The zero-order valence-electron chi connectivity index (χ0n) is 16.3. The first kappa shape index (κ1) is 20.8. The van der Waals surface area contributed by atoms with Gasteiger partial charge in [0.05, 0.1) is 13.2 Å².